The summed E-state index contributed by atoms with van der Waals surface area (Å²) in [7, 11) is 0. The first-order chi connectivity index (χ1) is 5.70. The van der Waals surface area contributed by atoms with Gasteiger partial charge in [0.05, 0.1) is 5.69 Å². The average Bonchev–Trinajstić information content (AvgIpc) is 2.29. The van der Waals surface area contributed by atoms with Gasteiger partial charge in [-0.15, -0.1) is 0 Å². The molecular formula is C8H12ClN3. The van der Waals surface area contributed by atoms with Crippen LogP contribution in [0.1, 0.15) is 31.4 Å². The Balaban J connectivity index is 2.55. The third-order valence-corrected chi connectivity index (χ3v) is 2.76. The van der Waals surface area contributed by atoms with E-state index in [0.29, 0.717) is 17.0 Å². The van der Waals surface area contributed by atoms with Crippen LogP contribution in [0, 0.1) is 0 Å². The average molecular weight is 186 g/mol. The van der Waals surface area contributed by atoms with Crippen molar-refractivity contribution < 1.29 is 0 Å². The molecule has 0 spiro atoms. The molecule has 2 heterocycles. The summed E-state index contributed by atoms with van der Waals surface area (Å²) >= 11 is 5.95. The van der Waals surface area contributed by atoms with E-state index in [-0.39, 0.29) is 0 Å². The van der Waals surface area contributed by atoms with E-state index in [1.54, 1.807) is 0 Å². The summed E-state index contributed by atoms with van der Waals surface area (Å²) in [5.74, 6) is 1.05. The number of anilines is 1. The Morgan fingerprint density at radius 3 is 3.08 bits per heavy atom. The van der Waals surface area contributed by atoms with E-state index in [4.69, 9.17) is 17.3 Å². The van der Waals surface area contributed by atoms with Crippen LogP contribution >= 0.6 is 11.6 Å². The molecular weight excluding hydrogens is 174 g/mol. The number of nitrogens with zero attached hydrogens (tertiary/aromatic N) is 2. The molecule has 3 nitrogen and oxygen atoms in total. The molecule has 2 N–H and O–H groups in total. The van der Waals surface area contributed by atoms with Crippen LogP contribution in [0.15, 0.2) is 0 Å². The van der Waals surface area contributed by atoms with Crippen molar-refractivity contribution in [2.24, 2.45) is 0 Å². The molecule has 0 aromatic carbocycles. The van der Waals surface area contributed by atoms with Gasteiger partial charge in [-0.2, -0.15) is 0 Å². The number of aromatic nitrogens is 2. The van der Waals surface area contributed by atoms with Gasteiger partial charge in [0, 0.05) is 6.54 Å². The molecule has 0 fully saturated rings. The summed E-state index contributed by atoms with van der Waals surface area (Å²) < 4.78 is 2.02. The standard InChI is InChI=1S/C8H12ClN3/c1-5-3-2-4-12-6(5)7(9)11-8(12)10/h5H,2-4H2,1H3,(H2,10,11). The Morgan fingerprint density at radius 2 is 2.42 bits per heavy atom. The van der Waals surface area contributed by atoms with E-state index in [0.717, 1.165) is 12.2 Å². The van der Waals surface area contributed by atoms with Crippen molar-refractivity contribution in [1.82, 2.24) is 9.55 Å². The van der Waals surface area contributed by atoms with Crippen LogP contribution in [0.5, 0.6) is 0 Å². The molecule has 0 radical (unpaired) electrons. The molecule has 1 unspecified atom stereocenters. The van der Waals surface area contributed by atoms with E-state index in [1.807, 2.05) is 4.57 Å². The molecule has 12 heavy (non-hydrogen) atoms. The smallest absolute Gasteiger partial charge is 0.201 e. The van der Waals surface area contributed by atoms with Gasteiger partial charge in [0.25, 0.3) is 0 Å². The van der Waals surface area contributed by atoms with E-state index in [1.165, 1.54) is 12.8 Å². The molecule has 1 aromatic rings. The maximum Gasteiger partial charge on any atom is 0.201 e. The monoisotopic (exact) mass is 185 g/mol. The first-order valence-corrected chi connectivity index (χ1v) is 4.59. The molecule has 1 atom stereocenters. The Bertz CT molecular complexity index is 305. The highest BCUT2D eigenvalue weighted by molar-refractivity contribution is 6.30. The van der Waals surface area contributed by atoms with Crippen LogP contribution in [0.3, 0.4) is 0 Å². The SMILES string of the molecule is CC1CCCn2c(N)nc(Cl)c21. The number of fused-ring (bicyclic) bond motifs is 1. The Morgan fingerprint density at radius 1 is 1.67 bits per heavy atom. The molecule has 66 valence electrons. The fraction of sp³-hybridized carbons (Fsp3) is 0.625. The number of hydrogen-bond donors (Lipinski definition) is 1. The van der Waals surface area contributed by atoms with Crippen molar-refractivity contribution in [3.8, 4) is 0 Å². The summed E-state index contributed by atoms with van der Waals surface area (Å²) in [4.78, 5) is 4.05. The fourth-order valence-electron chi connectivity index (χ4n) is 1.85. The number of halogens is 1. The van der Waals surface area contributed by atoms with Crippen molar-refractivity contribution in [2.45, 2.75) is 32.2 Å². The molecule has 2 rings (SSSR count). The number of nitrogen functional groups attached to an aromatic ring is 1. The third-order valence-electron chi connectivity index (χ3n) is 2.48. The minimum absolute atomic E-state index is 0.496. The Kier molecular flexibility index (Phi) is 1.76. The summed E-state index contributed by atoms with van der Waals surface area (Å²) in [5, 5.41) is 0.583. The lowest BCUT2D eigenvalue weighted by Crippen LogP contribution is -2.15. The number of imidazole rings is 1. The van der Waals surface area contributed by atoms with Crippen LogP contribution in [-0.4, -0.2) is 9.55 Å². The zero-order chi connectivity index (χ0) is 8.72. The molecule has 0 bridgehead atoms. The fourth-order valence-corrected chi connectivity index (χ4v) is 2.22. The topological polar surface area (TPSA) is 43.8 Å². The van der Waals surface area contributed by atoms with Crippen molar-refractivity contribution in [2.75, 3.05) is 5.73 Å². The van der Waals surface area contributed by atoms with E-state index < -0.39 is 0 Å². The van der Waals surface area contributed by atoms with Gasteiger partial charge >= 0.3 is 0 Å². The maximum atomic E-state index is 5.95. The third kappa shape index (κ3) is 1.00. The minimum Gasteiger partial charge on any atom is -0.369 e. The minimum atomic E-state index is 0.496. The highest BCUT2D eigenvalue weighted by Gasteiger charge is 2.22. The van der Waals surface area contributed by atoms with Gasteiger partial charge in [-0.3, -0.25) is 0 Å². The highest BCUT2D eigenvalue weighted by atomic mass is 35.5. The van der Waals surface area contributed by atoms with Gasteiger partial charge < -0.3 is 10.3 Å². The van der Waals surface area contributed by atoms with Crippen LogP contribution in [0.2, 0.25) is 5.15 Å². The predicted molar refractivity (Wildman–Crippen MR) is 49.3 cm³/mol. The normalized spacial score (nSPS) is 22.3. The highest BCUT2D eigenvalue weighted by Crippen LogP contribution is 2.33. The van der Waals surface area contributed by atoms with Gasteiger partial charge in [-0.25, -0.2) is 4.98 Å². The number of rotatable bonds is 0. The van der Waals surface area contributed by atoms with Crippen molar-refractivity contribution >= 4 is 17.5 Å². The Hall–Kier alpha value is -0.700. The molecule has 4 heteroatoms. The zero-order valence-corrected chi connectivity index (χ0v) is 7.80. The van der Waals surface area contributed by atoms with Gasteiger partial charge in [-0.1, -0.05) is 18.5 Å². The number of hydrogen-bond acceptors (Lipinski definition) is 2. The summed E-state index contributed by atoms with van der Waals surface area (Å²) in [5.41, 5.74) is 6.80. The van der Waals surface area contributed by atoms with Crippen LogP contribution in [0.4, 0.5) is 5.95 Å². The van der Waals surface area contributed by atoms with Gasteiger partial charge in [-0.05, 0) is 18.8 Å². The first-order valence-electron chi connectivity index (χ1n) is 4.21. The van der Waals surface area contributed by atoms with Gasteiger partial charge in [0.1, 0.15) is 0 Å². The molecule has 0 amide bonds. The first kappa shape index (κ1) is 7.92. The summed E-state index contributed by atoms with van der Waals surface area (Å²) in [6.07, 6.45) is 2.36. The van der Waals surface area contributed by atoms with Crippen LogP contribution in [0.25, 0.3) is 0 Å². The predicted octanol–water partition coefficient (Wildman–Crippen LogP) is 2.02. The second-order valence-electron chi connectivity index (χ2n) is 3.34. The largest absolute Gasteiger partial charge is 0.369 e. The maximum absolute atomic E-state index is 5.95. The van der Waals surface area contributed by atoms with Crippen molar-refractivity contribution in [3.05, 3.63) is 10.8 Å². The molecule has 1 aliphatic heterocycles. The zero-order valence-electron chi connectivity index (χ0n) is 7.05. The summed E-state index contributed by atoms with van der Waals surface area (Å²) in [6, 6.07) is 0. The lowest BCUT2D eigenvalue weighted by atomic mass is 9.99. The molecule has 1 aliphatic rings. The van der Waals surface area contributed by atoms with Crippen LogP contribution in [-0.2, 0) is 6.54 Å². The lowest BCUT2D eigenvalue weighted by Gasteiger charge is -2.21. The van der Waals surface area contributed by atoms with Crippen molar-refractivity contribution in [3.63, 3.8) is 0 Å². The summed E-state index contributed by atoms with van der Waals surface area (Å²) in [6.45, 7) is 3.13. The second kappa shape index (κ2) is 2.66. The van der Waals surface area contributed by atoms with Crippen LogP contribution < -0.4 is 5.73 Å². The quantitative estimate of drug-likeness (QED) is 0.672. The molecule has 0 aliphatic carbocycles. The van der Waals surface area contributed by atoms with Gasteiger partial charge in [0.2, 0.25) is 5.95 Å². The molecule has 1 aromatic heterocycles. The molecule has 0 saturated carbocycles. The van der Waals surface area contributed by atoms with E-state index >= 15 is 0 Å². The van der Waals surface area contributed by atoms with Gasteiger partial charge in [0.15, 0.2) is 5.15 Å². The number of nitrogens with two attached hydrogens (primary N) is 1. The second-order valence-corrected chi connectivity index (χ2v) is 3.70. The van der Waals surface area contributed by atoms with E-state index in [9.17, 15) is 0 Å². The Labute approximate surface area is 76.5 Å². The van der Waals surface area contributed by atoms with E-state index in [2.05, 4.69) is 11.9 Å². The molecule has 0 saturated heterocycles. The van der Waals surface area contributed by atoms with Crippen molar-refractivity contribution in [1.29, 1.82) is 0 Å². The lowest BCUT2D eigenvalue weighted by molar-refractivity contribution is 0.479.